The molecule has 0 aromatic rings. The summed E-state index contributed by atoms with van der Waals surface area (Å²) in [5.41, 5.74) is -0.260. The SMILES string of the molecule is CN1CCC(C)(C(=O)N2C[C@@H]3C(C(=O)O)[C@@H]3C2)C1.O=CO. The van der Waals surface area contributed by atoms with E-state index in [4.69, 9.17) is 15.0 Å². The van der Waals surface area contributed by atoms with Crippen LogP contribution in [0, 0.1) is 23.2 Å². The molecule has 21 heavy (non-hydrogen) atoms. The first-order chi connectivity index (χ1) is 9.84. The third-order valence-corrected chi connectivity index (χ3v) is 4.95. The summed E-state index contributed by atoms with van der Waals surface area (Å²) in [6, 6.07) is 0. The van der Waals surface area contributed by atoms with Crippen molar-refractivity contribution in [3.8, 4) is 0 Å². The molecular formula is C14H22N2O5. The average Bonchev–Trinajstić information content (AvgIpc) is 2.75. The summed E-state index contributed by atoms with van der Waals surface area (Å²) in [6.07, 6.45) is 0.913. The van der Waals surface area contributed by atoms with Gasteiger partial charge in [-0.05, 0) is 38.8 Å². The smallest absolute Gasteiger partial charge is 0.307 e. The first-order valence-electron chi connectivity index (χ1n) is 7.12. The molecule has 3 fully saturated rings. The summed E-state index contributed by atoms with van der Waals surface area (Å²) in [5, 5.41) is 15.9. The van der Waals surface area contributed by atoms with Crippen molar-refractivity contribution in [2.45, 2.75) is 13.3 Å². The van der Waals surface area contributed by atoms with Gasteiger partial charge in [0, 0.05) is 19.6 Å². The second-order valence-corrected chi connectivity index (χ2v) is 6.56. The number of hydrogen-bond donors (Lipinski definition) is 2. The molecule has 2 aliphatic heterocycles. The third-order valence-electron chi connectivity index (χ3n) is 4.95. The number of carbonyl (C=O) groups excluding carboxylic acids is 1. The van der Waals surface area contributed by atoms with E-state index in [2.05, 4.69) is 4.90 Å². The minimum atomic E-state index is -0.691. The van der Waals surface area contributed by atoms with Crippen LogP contribution < -0.4 is 0 Å². The minimum Gasteiger partial charge on any atom is -0.483 e. The molecule has 7 nitrogen and oxygen atoms in total. The second-order valence-electron chi connectivity index (χ2n) is 6.56. The molecule has 7 heteroatoms. The fraction of sp³-hybridized carbons (Fsp3) is 0.786. The number of nitrogens with zero attached hydrogens (tertiary/aromatic N) is 2. The maximum Gasteiger partial charge on any atom is 0.307 e. The second kappa shape index (κ2) is 5.63. The Kier molecular flexibility index (Phi) is 4.22. The molecule has 1 saturated carbocycles. The highest BCUT2D eigenvalue weighted by Crippen LogP contribution is 2.52. The predicted molar refractivity (Wildman–Crippen MR) is 73.6 cm³/mol. The van der Waals surface area contributed by atoms with Gasteiger partial charge in [0.1, 0.15) is 0 Å². The van der Waals surface area contributed by atoms with Gasteiger partial charge in [-0.1, -0.05) is 0 Å². The number of rotatable bonds is 2. The van der Waals surface area contributed by atoms with E-state index in [1.54, 1.807) is 0 Å². The van der Waals surface area contributed by atoms with Crippen LogP contribution >= 0.6 is 0 Å². The van der Waals surface area contributed by atoms with Crippen LogP contribution in [-0.4, -0.2) is 71.6 Å². The molecule has 2 saturated heterocycles. The Bertz CT molecular complexity index is 443. The molecule has 2 unspecified atom stereocenters. The van der Waals surface area contributed by atoms with Gasteiger partial charge >= 0.3 is 5.97 Å². The molecule has 1 aliphatic carbocycles. The van der Waals surface area contributed by atoms with Gasteiger partial charge in [-0.15, -0.1) is 0 Å². The van der Waals surface area contributed by atoms with Crippen LogP contribution in [0.1, 0.15) is 13.3 Å². The largest absolute Gasteiger partial charge is 0.483 e. The minimum absolute atomic E-state index is 0.187. The lowest BCUT2D eigenvalue weighted by molar-refractivity contribution is -0.143. The fourth-order valence-corrected chi connectivity index (χ4v) is 3.81. The number of likely N-dealkylation sites (tertiary alicyclic amines) is 2. The first kappa shape index (κ1) is 15.8. The zero-order valence-electron chi connectivity index (χ0n) is 12.4. The molecule has 2 N–H and O–H groups in total. The van der Waals surface area contributed by atoms with E-state index in [0.29, 0.717) is 13.1 Å². The molecule has 1 amide bonds. The topological polar surface area (TPSA) is 98.2 Å². The third kappa shape index (κ3) is 2.88. The van der Waals surface area contributed by atoms with Crippen molar-refractivity contribution in [2.24, 2.45) is 23.2 Å². The zero-order chi connectivity index (χ0) is 15.8. The summed E-state index contributed by atoms with van der Waals surface area (Å²) in [6.45, 7) is 4.89. The van der Waals surface area contributed by atoms with E-state index in [1.165, 1.54) is 0 Å². The Balaban J connectivity index is 0.000000497. The van der Waals surface area contributed by atoms with Gasteiger partial charge in [-0.2, -0.15) is 0 Å². The van der Waals surface area contributed by atoms with Gasteiger partial charge in [-0.3, -0.25) is 14.4 Å². The number of piperidine rings is 1. The van der Waals surface area contributed by atoms with Crippen molar-refractivity contribution in [3.63, 3.8) is 0 Å². The van der Waals surface area contributed by atoms with Crippen molar-refractivity contribution in [1.82, 2.24) is 9.80 Å². The molecule has 0 radical (unpaired) electrons. The number of carbonyl (C=O) groups is 3. The molecule has 3 rings (SSSR count). The standard InChI is InChI=1S/C13H20N2O3.CH2O2/c1-13(3-4-14(2)7-13)12(18)15-5-8-9(6-15)10(8)11(16)17;2-1-3/h8-10H,3-7H2,1-2H3,(H,16,17);1H,(H,2,3)/t8-,9+,10?,13?;. The monoisotopic (exact) mass is 298 g/mol. The number of amides is 1. The Hall–Kier alpha value is -1.63. The van der Waals surface area contributed by atoms with E-state index < -0.39 is 5.97 Å². The van der Waals surface area contributed by atoms with Crippen LogP contribution in [0.3, 0.4) is 0 Å². The highest BCUT2D eigenvalue weighted by Gasteiger charge is 2.61. The molecule has 2 heterocycles. The van der Waals surface area contributed by atoms with Gasteiger partial charge in [0.15, 0.2) is 0 Å². The highest BCUT2D eigenvalue weighted by atomic mass is 16.4. The number of carboxylic acid groups (broad SMARTS) is 2. The number of fused-ring (bicyclic) bond motifs is 1. The molecule has 0 bridgehead atoms. The van der Waals surface area contributed by atoms with Gasteiger partial charge in [0.25, 0.3) is 6.47 Å². The normalized spacial score (nSPS) is 37.4. The van der Waals surface area contributed by atoms with Crippen LogP contribution in [0.25, 0.3) is 0 Å². The Labute approximate surface area is 123 Å². The lowest BCUT2D eigenvalue weighted by Gasteiger charge is -2.30. The van der Waals surface area contributed by atoms with Crippen molar-refractivity contribution < 1.29 is 24.6 Å². The van der Waals surface area contributed by atoms with Crippen LogP contribution in [0.2, 0.25) is 0 Å². The molecule has 3 aliphatic rings. The summed E-state index contributed by atoms with van der Waals surface area (Å²) in [5.74, 6) is -0.219. The van der Waals surface area contributed by atoms with Crippen molar-refractivity contribution in [2.75, 3.05) is 33.2 Å². The first-order valence-corrected chi connectivity index (χ1v) is 7.12. The van der Waals surface area contributed by atoms with Gasteiger partial charge in [-0.25, -0.2) is 0 Å². The maximum absolute atomic E-state index is 12.5. The van der Waals surface area contributed by atoms with Crippen LogP contribution in [0.5, 0.6) is 0 Å². The van der Waals surface area contributed by atoms with Crippen LogP contribution in [0.15, 0.2) is 0 Å². The number of aliphatic carboxylic acids is 1. The predicted octanol–water partition coefficient (Wildman–Crippen LogP) is -0.182. The quantitative estimate of drug-likeness (QED) is 0.686. The zero-order valence-corrected chi connectivity index (χ0v) is 12.4. The van der Waals surface area contributed by atoms with E-state index in [0.717, 1.165) is 19.5 Å². The van der Waals surface area contributed by atoms with Crippen LogP contribution in [0.4, 0.5) is 0 Å². The maximum atomic E-state index is 12.5. The fourth-order valence-electron chi connectivity index (χ4n) is 3.81. The van der Waals surface area contributed by atoms with Crippen molar-refractivity contribution in [1.29, 1.82) is 0 Å². The average molecular weight is 298 g/mol. The molecule has 0 aromatic heterocycles. The summed E-state index contributed by atoms with van der Waals surface area (Å²) in [7, 11) is 2.04. The lowest BCUT2D eigenvalue weighted by Crippen LogP contribution is -2.44. The Morgan fingerprint density at radius 3 is 2.19 bits per heavy atom. The lowest BCUT2D eigenvalue weighted by atomic mass is 9.88. The van der Waals surface area contributed by atoms with E-state index in [1.807, 2.05) is 18.9 Å². The van der Waals surface area contributed by atoms with Gasteiger partial charge in [0.2, 0.25) is 5.91 Å². The van der Waals surface area contributed by atoms with Crippen molar-refractivity contribution >= 4 is 18.3 Å². The summed E-state index contributed by atoms with van der Waals surface area (Å²) >= 11 is 0. The molecule has 4 atom stereocenters. The van der Waals surface area contributed by atoms with Gasteiger partial charge in [0.05, 0.1) is 11.3 Å². The molecule has 118 valence electrons. The highest BCUT2D eigenvalue weighted by molar-refractivity contribution is 5.84. The summed E-state index contributed by atoms with van der Waals surface area (Å²) in [4.78, 5) is 35.9. The van der Waals surface area contributed by atoms with Gasteiger partial charge < -0.3 is 20.0 Å². The van der Waals surface area contributed by atoms with E-state index >= 15 is 0 Å². The van der Waals surface area contributed by atoms with Crippen molar-refractivity contribution in [3.05, 3.63) is 0 Å². The Morgan fingerprint density at radius 2 is 1.81 bits per heavy atom. The van der Waals surface area contributed by atoms with Crippen LogP contribution in [-0.2, 0) is 14.4 Å². The molecule has 0 aromatic carbocycles. The number of hydrogen-bond acceptors (Lipinski definition) is 4. The molecular weight excluding hydrogens is 276 g/mol. The Morgan fingerprint density at radius 1 is 1.29 bits per heavy atom. The number of carboxylic acids is 1. The summed E-state index contributed by atoms with van der Waals surface area (Å²) < 4.78 is 0. The van der Waals surface area contributed by atoms with E-state index in [-0.39, 0.29) is 35.5 Å². The van der Waals surface area contributed by atoms with E-state index in [9.17, 15) is 9.59 Å². The molecule has 0 spiro atoms.